The molecule has 130 valence electrons. The van der Waals surface area contributed by atoms with Gasteiger partial charge in [0.15, 0.2) is 0 Å². The van der Waals surface area contributed by atoms with Crippen LogP contribution in [0.5, 0.6) is 0 Å². The average Bonchev–Trinajstić information content (AvgIpc) is 2.49. The first-order chi connectivity index (χ1) is 10.6. The first-order valence-corrected chi connectivity index (χ1v) is 10.3. The normalized spacial score (nSPS) is 18.4. The van der Waals surface area contributed by atoms with Crippen molar-refractivity contribution in [2.75, 3.05) is 40.3 Å². The summed E-state index contributed by atoms with van der Waals surface area (Å²) in [4.78, 5) is 0. The fourth-order valence-electron chi connectivity index (χ4n) is 2.47. The molecular weight excluding hydrogens is 338 g/mol. The molecule has 0 amide bonds. The summed E-state index contributed by atoms with van der Waals surface area (Å²) in [5.74, 6) is -0.0555. The van der Waals surface area contributed by atoms with E-state index in [1.807, 2.05) is 25.1 Å². The minimum Gasteiger partial charge on any atom is -0.212 e. The van der Waals surface area contributed by atoms with E-state index in [2.05, 4.69) is 0 Å². The Morgan fingerprint density at radius 3 is 2.00 bits per heavy atom. The van der Waals surface area contributed by atoms with Crippen molar-refractivity contribution < 1.29 is 16.8 Å². The van der Waals surface area contributed by atoms with Crippen molar-refractivity contribution in [2.45, 2.75) is 12.7 Å². The third-order valence-electron chi connectivity index (χ3n) is 3.98. The zero-order chi connectivity index (χ0) is 17.3. The largest absolute Gasteiger partial charge is 0.281 e. The van der Waals surface area contributed by atoms with E-state index in [-0.39, 0.29) is 31.9 Å². The third-order valence-corrected chi connectivity index (χ3v) is 7.75. The smallest absolute Gasteiger partial charge is 0.212 e. The molecule has 0 atom stereocenters. The molecule has 1 aromatic rings. The van der Waals surface area contributed by atoms with Crippen LogP contribution in [0.3, 0.4) is 0 Å². The molecule has 0 bridgehead atoms. The minimum atomic E-state index is -3.49. The first kappa shape index (κ1) is 18.3. The second-order valence-corrected chi connectivity index (χ2v) is 9.88. The van der Waals surface area contributed by atoms with E-state index in [0.29, 0.717) is 0 Å². The van der Waals surface area contributed by atoms with E-state index in [0.717, 1.165) is 15.4 Å². The van der Waals surface area contributed by atoms with Gasteiger partial charge in [0.1, 0.15) is 0 Å². The fraction of sp³-hybridized carbons (Fsp3) is 0.571. The zero-order valence-electron chi connectivity index (χ0n) is 13.6. The quantitative estimate of drug-likeness (QED) is 0.753. The highest BCUT2D eigenvalue weighted by molar-refractivity contribution is 7.88. The lowest BCUT2D eigenvalue weighted by atomic mass is 10.1. The first-order valence-electron chi connectivity index (χ1n) is 7.34. The summed E-state index contributed by atoms with van der Waals surface area (Å²) >= 11 is 0. The summed E-state index contributed by atoms with van der Waals surface area (Å²) in [6, 6.07) is 7.38. The van der Waals surface area contributed by atoms with Crippen molar-refractivity contribution in [1.29, 1.82) is 0 Å². The van der Waals surface area contributed by atoms with Gasteiger partial charge < -0.3 is 0 Å². The topological polar surface area (TPSA) is 78.0 Å². The Balaban J connectivity index is 2.06. The van der Waals surface area contributed by atoms with Crippen molar-refractivity contribution in [2.24, 2.45) is 0 Å². The fourth-order valence-corrected chi connectivity index (χ4v) is 5.18. The van der Waals surface area contributed by atoms with Crippen LogP contribution < -0.4 is 0 Å². The number of rotatable bonds is 5. The maximum Gasteiger partial charge on any atom is 0.281 e. The van der Waals surface area contributed by atoms with Gasteiger partial charge in [-0.25, -0.2) is 8.42 Å². The molecule has 1 heterocycles. The second-order valence-electron chi connectivity index (χ2n) is 5.77. The Morgan fingerprint density at radius 1 is 0.957 bits per heavy atom. The van der Waals surface area contributed by atoms with Crippen LogP contribution in [-0.4, -0.2) is 70.0 Å². The van der Waals surface area contributed by atoms with Gasteiger partial charge in [-0.15, -0.1) is 0 Å². The van der Waals surface area contributed by atoms with Gasteiger partial charge in [0, 0.05) is 40.3 Å². The maximum absolute atomic E-state index is 12.5. The van der Waals surface area contributed by atoms with Crippen LogP contribution in [0.1, 0.15) is 11.1 Å². The highest BCUT2D eigenvalue weighted by atomic mass is 32.2. The van der Waals surface area contributed by atoms with Gasteiger partial charge in [0.05, 0.1) is 5.75 Å². The molecule has 1 aromatic carbocycles. The van der Waals surface area contributed by atoms with Crippen LogP contribution in [0.2, 0.25) is 0 Å². The molecule has 1 aliphatic rings. The molecule has 1 fully saturated rings. The SMILES string of the molecule is Cc1ccccc1CS(=O)(=O)N1CCN(S(=O)(=O)N(C)C)CC1. The van der Waals surface area contributed by atoms with Gasteiger partial charge in [-0.3, -0.25) is 0 Å². The van der Waals surface area contributed by atoms with Crippen molar-refractivity contribution in [3.05, 3.63) is 35.4 Å². The van der Waals surface area contributed by atoms with Crippen LogP contribution in [0.15, 0.2) is 24.3 Å². The van der Waals surface area contributed by atoms with Crippen LogP contribution >= 0.6 is 0 Å². The summed E-state index contributed by atoms with van der Waals surface area (Å²) in [6.07, 6.45) is 0. The Labute approximate surface area is 138 Å². The molecule has 7 nitrogen and oxygen atoms in total. The van der Waals surface area contributed by atoms with Crippen LogP contribution in [0.25, 0.3) is 0 Å². The Morgan fingerprint density at radius 2 is 1.48 bits per heavy atom. The molecule has 0 aromatic heterocycles. The van der Waals surface area contributed by atoms with Gasteiger partial charge in [-0.2, -0.15) is 21.3 Å². The van der Waals surface area contributed by atoms with Crippen LogP contribution in [-0.2, 0) is 26.0 Å². The van der Waals surface area contributed by atoms with Crippen molar-refractivity contribution in [3.63, 3.8) is 0 Å². The Bertz CT molecular complexity index is 752. The highest BCUT2D eigenvalue weighted by Gasteiger charge is 2.33. The van der Waals surface area contributed by atoms with Crippen molar-refractivity contribution in [1.82, 2.24) is 12.9 Å². The lowest BCUT2D eigenvalue weighted by Gasteiger charge is -2.34. The molecule has 0 aliphatic carbocycles. The monoisotopic (exact) mass is 361 g/mol. The molecule has 0 spiro atoms. The van der Waals surface area contributed by atoms with Gasteiger partial charge >= 0.3 is 0 Å². The lowest BCUT2D eigenvalue weighted by Crippen LogP contribution is -2.53. The van der Waals surface area contributed by atoms with Gasteiger partial charge in [0.25, 0.3) is 10.2 Å². The van der Waals surface area contributed by atoms with E-state index in [9.17, 15) is 16.8 Å². The number of hydrogen-bond donors (Lipinski definition) is 0. The van der Waals surface area contributed by atoms with Gasteiger partial charge in [-0.05, 0) is 18.1 Å². The van der Waals surface area contributed by atoms with E-state index in [1.54, 1.807) is 6.07 Å². The number of aryl methyl sites for hydroxylation is 1. The van der Waals surface area contributed by atoms with E-state index in [1.165, 1.54) is 22.7 Å². The minimum absolute atomic E-state index is 0.0555. The molecule has 1 aliphatic heterocycles. The van der Waals surface area contributed by atoms with Crippen molar-refractivity contribution in [3.8, 4) is 0 Å². The number of benzene rings is 1. The van der Waals surface area contributed by atoms with Crippen LogP contribution in [0.4, 0.5) is 0 Å². The molecule has 9 heteroatoms. The molecule has 0 N–H and O–H groups in total. The van der Waals surface area contributed by atoms with Gasteiger partial charge in [-0.1, -0.05) is 24.3 Å². The number of sulfonamides is 1. The maximum atomic E-state index is 12.5. The Kier molecular flexibility index (Phi) is 5.47. The van der Waals surface area contributed by atoms with E-state index >= 15 is 0 Å². The predicted octanol–water partition coefficient (Wildman–Crippen LogP) is 0.249. The number of hydrogen-bond acceptors (Lipinski definition) is 4. The molecule has 2 rings (SSSR count). The predicted molar refractivity (Wildman–Crippen MR) is 89.6 cm³/mol. The summed E-state index contributed by atoms with van der Waals surface area (Å²) < 4.78 is 53.0. The van der Waals surface area contributed by atoms with E-state index < -0.39 is 20.2 Å². The molecular formula is C14H23N3O4S2. The molecule has 1 saturated heterocycles. The van der Waals surface area contributed by atoms with Crippen molar-refractivity contribution >= 4 is 20.2 Å². The highest BCUT2D eigenvalue weighted by Crippen LogP contribution is 2.17. The zero-order valence-corrected chi connectivity index (χ0v) is 15.3. The third kappa shape index (κ3) is 4.10. The standard InChI is InChI=1S/C14H23N3O4S2/c1-13-6-4-5-7-14(13)12-22(18,19)16-8-10-17(11-9-16)23(20,21)15(2)3/h4-7H,8-12H2,1-3H3. The Hall–Kier alpha value is -1.00. The average molecular weight is 361 g/mol. The molecule has 0 unspecified atom stereocenters. The van der Waals surface area contributed by atoms with E-state index in [4.69, 9.17) is 0 Å². The molecule has 0 saturated carbocycles. The number of piperazine rings is 1. The number of nitrogens with zero attached hydrogens (tertiary/aromatic N) is 3. The second kappa shape index (κ2) is 6.86. The molecule has 0 radical (unpaired) electrons. The molecule has 23 heavy (non-hydrogen) atoms. The van der Waals surface area contributed by atoms with Gasteiger partial charge in [0.2, 0.25) is 10.0 Å². The summed E-state index contributed by atoms with van der Waals surface area (Å²) in [7, 11) is -4.00. The van der Waals surface area contributed by atoms with Crippen LogP contribution in [0, 0.1) is 6.92 Å². The lowest BCUT2D eigenvalue weighted by molar-refractivity contribution is 0.262. The summed E-state index contributed by atoms with van der Waals surface area (Å²) in [6.45, 7) is 2.59. The summed E-state index contributed by atoms with van der Waals surface area (Å²) in [5.41, 5.74) is 1.71. The summed E-state index contributed by atoms with van der Waals surface area (Å²) in [5, 5.41) is 0.